The number of nitrogens with two attached hydrogens (primary N) is 2. The fraction of sp³-hybridized carbons (Fsp3) is 0.583. The molecule has 2 aromatic heterocycles. The van der Waals surface area contributed by atoms with Crippen LogP contribution in [0.2, 0.25) is 0 Å². The van der Waals surface area contributed by atoms with Crippen LogP contribution in [-0.4, -0.2) is 78.6 Å². The van der Waals surface area contributed by atoms with Crippen LogP contribution in [-0.2, 0) is 4.74 Å². The molecule has 2 aromatic rings. The van der Waals surface area contributed by atoms with E-state index in [0.717, 1.165) is 48.6 Å². The highest BCUT2D eigenvalue weighted by atomic mass is 32.1. The molecule has 11 heteroatoms. The highest BCUT2D eigenvalue weighted by molar-refractivity contribution is 7.16. The summed E-state index contributed by atoms with van der Waals surface area (Å²) < 4.78 is 5.53. The van der Waals surface area contributed by atoms with Gasteiger partial charge in [-0.3, -0.25) is 0 Å². The number of ether oxygens (including phenoxy) is 1. The monoisotopic (exact) mass is 501 g/mol. The first-order valence-electron chi connectivity index (χ1n) is 12.0. The Bertz CT molecular complexity index is 1150. The number of fused-ring (bicyclic) bond motifs is 1. The maximum absolute atomic E-state index is 13.5. The lowest BCUT2D eigenvalue weighted by atomic mass is 9.91. The van der Waals surface area contributed by atoms with E-state index in [0.29, 0.717) is 23.0 Å². The molecule has 0 aromatic carbocycles. The van der Waals surface area contributed by atoms with E-state index in [1.165, 1.54) is 0 Å². The number of nitrogens with one attached hydrogen (secondary N) is 2. The van der Waals surface area contributed by atoms with Gasteiger partial charge in [-0.15, -0.1) is 11.3 Å². The number of aryl methyl sites for hydroxylation is 1. The number of carbonyl (C=O) groups excluding carboxylic acids is 1. The van der Waals surface area contributed by atoms with Crippen LogP contribution in [0.4, 0.5) is 10.6 Å². The molecule has 2 aliphatic rings. The summed E-state index contributed by atoms with van der Waals surface area (Å²) in [6, 6.07) is 1.84. The van der Waals surface area contributed by atoms with Gasteiger partial charge < -0.3 is 31.3 Å². The Balaban J connectivity index is 1.56. The third-order valence-electron chi connectivity index (χ3n) is 6.94. The summed E-state index contributed by atoms with van der Waals surface area (Å²) in [5, 5.41) is 6.17. The summed E-state index contributed by atoms with van der Waals surface area (Å²) in [6.07, 6.45) is 1.87. The first kappa shape index (κ1) is 25.3. The topological polar surface area (TPSA) is 136 Å². The molecule has 1 atom stereocenters. The van der Waals surface area contributed by atoms with Gasteiger partial charge in [0, 0.05) is 44.0 Å². The van der Waals surface area contributed by atoms with Gasteiger partial charge in [-0.1, -0.05) is 0 Å². The number of aromatic amines is 1. The molecule has 1 saturated heterocycles. The van der Waals surface area contributed by atoms with Gasteiger partial charge in [0.1, 0.15) is 11.2 Å². The Labute approximate surface area is 210 Å². The largest absolute Gasteiger partial charge is 0.400 e. The average Bonchev–Trinajstić information content (AvgIpc) is 3.36. The van der Waals surface area contributed by atoms with Crippen LogP contribution in [0.1, 0.15) is 32.5 Å². The number of aliphatic imine (C=N–C) groups is 1. The molecule has 190 valence electrons. The van der Waals surface area contributed by atoms with Gasteiger partial charge in [0.2, 0.25) is 0 Å². The Morgan fingerprint density at radius 1 is 1.43 bits per heavy atom. The molecule has 0 aliphatic carbocycles. The second kappa shape index (κ2) is 10.1. The molecule has 2 amide bonds. The minimum absolute atomic E-state index is 0.0214. The summed E-state index contributed by atoms with van der Waals surface area (Å²) in [4.78, 5) is 30.8. The van der Waals surface area contributed by atoms with Crippen molar-refractivity contribution in [3.8, 4) is 0 Å². The van der Waals surface area contributed by atoms with Crippen LogP contribution in [0.25, 0.3) is 10.2 Å². The van der Waals surface area contributed by atoms with Crippen molar-refractivity contribution in [2.75, 3.05) is 40.4 Å². The number of nitrogens with zero attached hydrogens (tertiary/aromatic N) is 4. The van der Waals surface area contributed by atoms with Crippen molar-refractivity contribution in [1.82, 2.24) is 20.1 Å². The quantitative estimate of drug-likeness (QED) is 0.408. The maximum atomic E-state index is 13.5. The number of H-pyrrole nitrogens is 1. The molecule has 0 bridgehead atoms. The molecule has 6 N–H and O–H groups in total. The van der Waals surface area contributed by atoms with Crippen molar-refractivity contribution in [2.24, 2.45) is 22.4 Å². The number of hydrogen-bond donors (Lipinski definition) is 3. The summed E-state index contributed by atoms with van der Waals surface area (Å²) >= 11 is 1.59. The van der Waals surface area contributed by atoms with Crippen molar-refractivity contribution in [3.05, 3.63) is 28.5 Å². The lowest BCUT2D eigenvalue weighted by molar-refractivity contribution is -0.356. The maximum Gasteiger partial charge on any atom is 0.318 e. The standard InChI is InChI=1S/C24H36N8O2S/c1-14-27-21(16-8-11-35-22(16)28-14)30-20(26)17-12-32(24(2,3)19(17)25)23(33)29-18(13-31(4)5)15-6-9-34-10-7-15/h8,11,15,18H,6-7,9-10,12-13,25H2,1-5H3,(H,29,33)(H2,26,27,28,30)/p+1/t18-/m1/s1. The first-order chi connectivity index (χ1) is 16.6. The smallest absolute Gasteiger partial charge is 0.318 e. The van der Waals surface area contributed by atoms with Crippen LogP contribution in [0, 0.1) is 12.8 Å². The van der Waals surface area contributed by atoms with Gasteiger partial charge in [-0.05, 0) is 63.1 Å². The Morgan fingerprint density at radius 3 is 2.83 bits per heavy atom. The highest BCUT2D eigenvalue weighted by Gasteiger charge is 2.43. The second-order valence-electron chi connectivity index (χ2n) is 10.1. The third-order valence-corrected chi connectivity index (χ3v) is 7.77. The molecular formula is C24H37N8O2S+. The van der Waals surface area contributed by atoms with Crippen LogP contribution < -0.4 is 21.8 Å². The Hall–Kier alpha value is -2.76. The molecule has 10 nitrogen and oxygen atoms in total. The van der Waals surface area contributed by atoms with Gasteiger partial charge in [0.15, 0.2) is 4.83 Å². The van der Waals surface area contributed by atoms with E-state index in [9.17, 15) is 4.79 Å². The summed E-state index contributed by atoms with van der Waals surface area (Å²) in [7, 11) is 4.04. The molecule has 35 heavy (non-hydrogen) atoms. The van der Waals surface area contributed by atoms with Gasteiger partial charge >= 0.3 is 6.03 Å². The highest BCUT2D eigenvalue weighted by Crippen LogP contribution is 2.33. The number of urea groups is 1. The van der Waals surface area contributed by atoms with E-state index in [1.807, 2.05) is 46.3 Å². The van der Waals surface area contributed by atoms with Crippen LogP contribution in [0.15, 0.2) is 27.7 Å². The fourth-order valence-corrected chi connectivity index (χ4v) is 5.65. The van der Waals surface area contributed by atoms with Gasteiger partial charge in [0.05, 0.1) is 12.1 Å². The predicted octanol–water partition coefficient (Wildman–Crippen LogP) is 1.78. The Morgan fingerprint density at radius 2 is 2.14 bits per heavy atom. The van der Waals surface area contributed by atoms with Gasteiger partial charge in [0.25, 0.3) is 11.6 Å². The van der Waals surface area contributed by atoms with Gasteiger partial charge in [-0.25, -0.2) is 9.78 Å². The lowest BCUT2D eigenvalue weighted by Crippen LogP contribution is -2.56. The molecule has 0 radical (unpaired) electrons. The SMILES string of the molecule is Cc1nc(N=C(N)C2=C(N)C(C)(C)N(C(=O)N[C@H](CN(C)C)C3CCOCC3)C2)c2ccsc2[nH+]1. The van der Waals surface area contributed by atoms with Crippen molar-refractivity contribution >= 4 is 39.2 Å². The second-order valence-corrected chi connectivity index (χ2v) is 11.0. The van der Waals surface area contributed by atoms with Crippen LogP contribution in [0.3, 0.4) is 0 Å². The summed E-state index contributed by atoms with van der Waals surface area (Å²) in [6.45, 7) is 8.27. The van der Waals surface area contributed by atoms with E-state index < -0.39 is 5.54 Å². The van der Waals surface area contributed by atoms with E-state index in [-0.39, 0.29) is 24.5 Å². The first-order valence-corrected chi connectivity index (χ1v) is 12.9. The van der Waals surface area contributed by atoms with Crippen molar-refractivity contribution in [3.63, 3.8) is 0 Å². The minimum atomic E-state index is -0.705. The normalized spacial score (nSPS) is 20.2. The molecule has 0 saturated carbocycles. The van der Waals surface area contributed by atoms with Crippen LogP contribution >= 0.6 is 11.3 Å². The van der Waals surface area contributed by atoms with E-state index in [1.54, 1.807) is 16.2 Å². The van der Waals surface area contributed by atoms with Crippen LogP contribution in [0.5, 0.6) is 0 Å². The Kier molecular flexibility index (Phi) is 7.30. The zero-order chi connectivity index (χ0) is 25.3. The van der Waals surface area contributed by atoms with E-state index in [2.05, 4.69) is 25.2 Å². The number of amides is 2. The third kappa shape index (κ3) is 5.26. The molecule has 1 fully saturated rings. The van der Waals surface area contributed by atoms with Crippen molar-refractivity contribution < 1.29 is 14.5 Å². The zero-order valence-corrected chi connectivity index (χ0v) is 22.0. The number of thiophene rings is 1. The number of rotatable bonds is 6. The van der Waals surface area contributed by atoms with E-state index >= 15 is 0 Å². The average molecular weight is 502 g/mol. The molecule has 0 spiro atoms. The molecule has 4 heterocycles. The molecule has 4 rings (SSSR count). The number of amidine groups is 1. The summed E-state index contributed by atoms with van der Waals surface area (Å²) in [5.74, 6) is 1.95. The zero-order valence-electron chi connectivity index (χ0n) is 21.2. The molecule has 2 aliphatic heterocycles. The molecule has 0 unspecified atom stereocenters. The number of likely N-dealkylation sites (N-methyl/N-ethyl adjacent to an activating group) is 1. The fourth-order valence-electron chi connectivity index (χ4n) is 4.82. The summed E-state index contributed by atoms with van der Waals surface area (Å²) in [5.41, 5.74) is 13.5. The number of hydrogen-bond acceptors (Lipinski definition) is 7. The van der Waals surface area contributed by atoms with E-state index in [4.69, 9.17) is 16.2 Å². The number of aromatic nitrogens is 2. The predicted molar refractivity (Wildman–Crippen MR) is 139 cm³/mol. The van der Waals surface area contributed by atoms with Crippen molar-refractivity contribution in [1.29, 1.82) is 0 Å². The number of carbonyl (C=O) groups is 1. The van der Waals surface area contributed by atoms with Crippen molar-refractivity contribution in [2.45, 2.75) is 45.2 Å². The molecular weight excluding hydrogens is 464 g/mol. The minimum Gasteiger partial charge on any atom is -0.400 e. The van der Waals surface area contributed by atoms with Gasteiger partial charge in [-0.2, -0.15) is 4.99 Å². The lowest BCUT2D eigenvalue weighted by Gasteiger charge is -2.37.